The number of methoxy groups -OCH3 is 1. The van der Waals surface area contributed by atoms with Gasteiger partial charge < -0.3 is 9.47 Å². The third kappa shape index (κ3) is 2.51. The molecule has 0 radical (unpaired) electrons. The van der Waals surface area contributed by atoms with E-state index >= 15 is 0 Å². The molecule has 0 aromatic carbocycles. The Kier molecular flexibility index (Phi) is 2.80. The SMILES string of the molecule is COC(C)Oc1cnccn1. The van der Waals surface area contributed by atoms with Crippen LogP contribution < -0.4 is 4.74 Å². The lowest BCUT2D eigenvalue weighted by molar-refractivity contribution is -0.0412. The first-order chi connectivity index (χ1) is 5.33. The molecule has 0 N–H and O–H groups in total. The number of hydrogen-bond donors (Lipinski definition) is 0. The van der Waals surface area contributed by atoms with Crippen molar-refractivity contribution in [3.63, 3.8) is 0 Å². The van der Waals surface area contributed by atoms with Crippen molar-refractivity contribution < 1.29 is 9.47 Å². The first-order valence-electron chi connectivity index (χ1n) is 3.28. The Morgan fingerprint density at radius 1 is 1.45 bits per heavy atom. The highest BCUT2D eigenvalue weighted by atomic mass is 16.7. The van der Waals surface area contributed by atoms with E-state index in [4.69, 9.17) is 9.47 Å². The van der Waals surface area contributed by atoms with E-state index in [0.717, 1.165) is 0 Å². The van der Waals surface area contributed by atoms with Crippen LogP contribution in [0.2, 0.25) is 0 Å². The van der Waals surface area contributed by atoms with Crippen LogP contribution in [0.1, 0.15) is 6.92 Å². The van der Waals surface area contributed by atoms with Gasteiger partial charge in [-0.25, -0.2) is 4.98 Å². The van der Waals surface area contributed by atoms with Gasteiger partial charge in [0.15, 0.2) is 6.29 Å². The minimum atomic E-state index is -0.285. The van der Waals surface area contributed by atoms with Crippen LogP contribution in [0.5, 0.6) is 5.88 Å². The van der Waals surface area contributed by atoms with Crippen LogP contribution in [-0.4, -0.2) is 23.4 Å². The summed E-state index contributed by atoms with van der Waals surface area (Å²) in [6.07, 6.45) is 4.41. The van der Waals surface area contributed by atoms with E-state index in [0.29, 0.717) is 5.88 Å². The van der Waals surface area contributed by atoms with Crippen molar-refractivity contribution in [2.24, 2.45) is 0 Å². The zero-order valence-corrected chi connectivity index (χ0v) is 6.52. The fourth-order valence-electron chi connectivity index (χ4n) is 0.564. The standard InChI is InChI=1S/C7H10N2O2/c1-6(10-2)11-7-5-8-3-4-9-7/h3-6H,1-2H3. The Bertz CT molecular complexity index is 203. The fourth-order valence-corrected chi connectivity index (χ4v) is 0.564. The lowest BCUT2D eigenvalue weighted by atomic mass is 10.7. The molecule has 1 unspecified atom stereocenters. The predicted octanol–water partition coefficient (Wildman–Crippen LogP) is 0.848. The molecule has 4 nitrogen and oxygen atoms in total. The van der Waals surface area contributed by atoms with E-state index in [-0.39, 0.29) is 6.29 Å². The molecule has 0 aliphatic rings. The van der Waals surface area contributed by atoms with Gasteiger partial charge in [0.25, 0.3) is 0 Å². The summed E-state index contributed by atoms with van der Waals surface area (Å²) in [5, 5.41) is 0. The first kappa shape index (κ1) is 7.94. The molecular weight excluding hydrogens is 144 g/mol. The van der Waals surface area contributed by atoms with E-state index < -0.39 is 0 Å². The van der Waals surface area contributed by atoms with E-state index in [1.54, 1.807) is 26.4 Å². The summed E-state index contributed by atoms with van der Waals surface area (Å²) in [5.74, 6) is 0.474. The second-order valence-corrected chi connectivity index (χ2v) is 1.96. The van der Waals surface area contributed by atoms with Gasteiger partial charge in [0.2, 0.25) is 5.88 Å². The Hall–Kier alpha value is -1.16. The maximum absolute atomic E-state index is 5.17. The third-order valence-electron chi connectivity index (χ3n) is 1.16. The number of hydrogen-bond acceptors (Lipinski definition) is 4. The van der Waals surface area contributed by atoms with Crippen LogP contribution in [0.4, 0.5) is 0 Å². The van der Waals surface area contributed by atoms with Crippen LogP contribution in [0.15, 0.2) is 18.6 Å². The summed E-state index contributed by atoms with van der Waals surface area (Å²) in [7, 11) is 1.57. The Morgan fingerprint density at radius 3 is 2.82 bits per heavy atom. The molecule has 1 aromatic rings. The summed E-state index contributed by atoms with van der Waals surface area (Å²) in [4.78, 5) is 7.73. The lowest BCUT2D eigenvalue weighted by Crippen LogP contribution is -2.14. The number of rotatable bonds is 3. The van der Waals surface area contributed by atoms with Gasteiger partial charge in [-0.2, -0.15) is 0 Å². The van der Waals surface area contributed by atoms with Crippen molar-refractivity contribution >= 4 is 0 Å². The predicted molar refractivity (Wildman–Crippen MR) is 39.1 cm³/mol. The van der Waals surface area contributed by atoms with Crippen LogP contribution in [0.25, 0.3) is 0 Å². The first-order valence-corrected chi connectivity index (χ1v) is 3.28. The van der Waals surface area contributed by atoms with Gasteiger partial charge in [-0.05, 0) is 6.92 Å². The van der Waals surface area contributed by atoms with Gasteiger partial charge in [0.1, 0.15) is 0 Å². The van der Waals surface area contributed by atoms with Crippen molar-refractivity contribution in [1.29, 1.82) is 0 Å². The summed E-state index contributed by atoms with van der Waals surface area (Å²) in [5.41, 5.74) is 0. The third-order valence-corrected chi connectivity index (χ3v) is 1.16. The molecule has 0 amide bonds. The number of aromatic nitrogens is 2. The fraction of sp³-hybridized carbons (Fsp3) is 0.429. The van der Waals surface area contributed by atoms with Crippen molar-refractivity contribution in [2.75, 3.05) is 7.11 Å². The molecule has 0 spiro atoms. The Labute approximate surface area is 65.2 Å². The quantitative estimate of drug-likeness (QED) is 0.605. The average molecular weight is 154 g/mol. The molecule has 0 saturated heterocycles. The van der Waals surface area contributed by atoms with Crippen molar-refractivity contribution in [3.05, 3.63) is 18.6 Å². The van der Waals surface area contributed by atoms with Crippen LogP contribution in [-0.2, 0) is 4.74 Å². The maximum Gasteiger partial charge on any atom is 0.234 e. The average Bonchev–Trinajstić information content (AvgIpc) is 2.06. The van der Waals surface area contributed by atoms with E-state index in [2.05, 4.69) is 9.97 Å². The molecule has 4 heteroatoms. The molecule has 1 aromatic heterocycles. The van der Waals surface area contributed by atoms with Gasteiger partial charge in [-0.3, -0.25) is 4.98 Å². The number of nitrogens with zero attached hydrogens (tertiary/aromatic N) is 2. The van der Waals surface area contributed by atoms with E-state index in [1.807, 2.05) is 0 Å². The smallest absolute Gasteiger partial charge is 0.234 e. The molecule has 11 heavy (non-hydrogen) atoms. The minimum absolute atomic E-state index is 0.285. The number of ether oxygens (including phenoxy) is 2. The topological polar surface area (TPSA) is 44.2 Å². The highest BCUT2D eigenvalue weighted by molar-refractivity contribution is 5.00. The largest absolute Gasteiger partial charge is 0.447 e. The van der Waals surface area contributed by atoms with Gasteiger partial charge in [-0.1, -0.05) is 0 Å². The highest BCUT2D eigenvalue weighted by Gasteiger charge is 2.00. The highest BCUT2D eigenvalue weighted by Crippen LogP contribution is 2.03. The van der Waals surface area contributed by atoms with Gasteiger partial charge in [0, 0.05) is 19.5 Å². The summed E-state index contributed by atoms with van der Waals surface area (Å²) >= 11 is 0. The molecule has 60 valence electrons. The van der Waals surface area contributed by atoms with Crippen molar-refractivity contribution in [1.82, 2.24) is 9.97 Å². The van der Waals surface area contributed by atoms with Gasteiger partial charge in [0.05, 0.1) is 6.20 Å². The van der Waals surface area contributed by atoms with Crippen LogP contribution in [0, 0.1) is 0 Å². The van der Waals surface area contributed by atoms with Crippen molar-refractivity contribution in [2.45, 2.75) is 13.2 Å². The zero-order valence-electron chi connectivity index (χ0n) is 6.52. The minimum Gasteiger partial charge on any atom is -0.447 e. The van der Waals surface area contributed by atoms with E-state index in [1.165, 1.54) is 6.20 Å². The summed E-state index contributed by atoms with van der Waals surface area (Å²) in [6.45, 7) is 1.79. The molecule has 1 atom stereocenters. The summed E-state index contributed by atoms with van der Waals surface area (Å²) in [6, 6.07) is 0. The molecule has 0 bridgehead atoms. The Balaban J connectivity index is 2.51. The molecule has 0 fully saturated rings. The molecular formula is C7H10N2O2. The Morgan fingerprint density at radius 2 is 2.27 bits per heavy atom. The normalized spacial score (nSPS) is 12.5. The van der Waals surface area contributed by atoms with Gasteiger partial charge in [-0.15, -0.1) is 0 Å². The van der Waals surface area contributed by atoms with Crippen molar-refractivity contribution in [3.8, 4) is 5.88 Å². The van der Waals surface area contributed by atoms with Crippen LogP contribution >= 0.6 is 0 Å². The van der Waals surface area contributed by atoms with Gasteiger partial charge >= 0.3 is 0 Å². The maximum atomic E-state index is 5.17. The molecule has 0 saturated carbocycles. The lowest BCUT2D eigenvalue weighted by Gasteiger charge is -2.10. The van der Waals surface area contributed by atoms with E-state index in [9.17, 15) is 0 Å². The molecule has 0 aliphatic carbocycles. The zero-order chi connectivity index (χ0) is 8.10. The monoisotopic (exact) mass is 154 g/mol. The molecule has 1 rings (SSSR count). The second-order valence-electron chi connectivity index (χ2n) is 1.96. The second kappa shape index (κ2) is 3.88. The van der Waals surface area contributed by atoms with Crippen LogP contribution in [0.3, 0.4) is 0 Å². The summed E-state index contributed by atoms with van der Waals surface area (Å²) < 4.78 is 10.0. The molecule has 1 heterocycles. The molecule has 0 aliphatic heterocycles.